The van der Waals surface area contributed by atoms with Gasteiger partial charge in [-0.15, -0.1) is 0 Å². The summed E-state index contributed by atoms with van der Waals surface area (Å²) in [7, 11) is -3.88. The molecule has 0 saturated carbocycles. The minimum atomic E-state index is -3.88. The van der Waals surface area contributed by atoms with Crippen molar-refractivity contribution in [2.45, 2.75) is 24.8 Å². The molecule has 0 aliphatic rings. The van der Waals surface area contributed by atoms with Crippen LogP contribution in [-0.4, -0.2) is 23.2 Å². The predicted octanol–water partition coefficient (Wildman–Crippen LogP) is 3.37. The average Bonchev–Trinajstić information content (AvgIpc) is 3.05. The molecule has 1 aromatic carbocycles. The Morgan fingerprint density at radius 1 is 1.43 bits per heavy atom. The van der Waals surface area contributed by atoms with E-state index in [2.05, 4.69) is 14.8 Å². The number of fused-ring (bicyclic) bond motifs is 1. The Kier molecular flexibility index (Phi) is 4.03. The Morgan fingerprint density at radius 3 is 2.96 bits per heavy atom. The number of rotatable bonds is 5. The number of nitrogens with one attached hydrogen (secondary N) is 2. The second-order valence-electron chi connectivity index (χ2n) is 5.02. The maximum atomic E-state index is 13.2. The SMILES string of the molecule is CCCn1ncc(NS(=O)(=O)c2c[nH]c3cc(F)ccc23)c1Cl. The summed E-state index contributed by atoms with van der Waals surface area (Å²) in [6.07, 6.45) is 3.50. The zero-order valence-electron chi connectivity index (χ0n) is 12.2. The van der Waals surface area contributed by atoms with Gasteiger partial charge < -0.3 is 4.98 Å². The van der Waals surface area contributed by atoms with E-state index in [0.717, 1.165) is 6.42 Å². The van der Waals surface area contributed by atoms with Crippen LogP contribution in [-0.2, 0) is 16.6 Å². The fraction of sp³-hybridized carbons (Fsp3) is 0.214. The number of anilines is 1. The minimum absolute atomic E-state index is 0.0202. The lowest BCUT2D eigenvalue weighted by Gasteiger charge is -2.06. The molecule has 0 aliphatic carbocycles. The van der Waals surface area contributed by atoms with Crippen LogP contribution in [0, 0.1) is 5.82 Å². The highest BCUT2D eigenvalue weighted by molar-refractivity contribution is 7.93. The zero-order valence-corrected chi connectivity index (χ0v) is 13.7. The molecule has 0 atom stereocenters. The van der Waals surface area contributed by atoms with Gasteiger partial charge in [0.2, 0.25) is 0 Å². The summed E-state index contributed by atoms with van der Waals surface area (Å²) in [5.74, 6) is -0.444. The molecule has 122 valence electrons. The van der Waals surface area contributed by atoms with Gasteiger partial charge in [-0.3, -0.25) is 9.40 Å². The van der Waals surface area contributed by atoms with Crippen molar-refractivity contribution in [1.82, 2.24) is 14.8 Å². The van der Waals surface area contributed by atoms with Gasteiger partial charge in [0.25, 0.3) is 10.0 Å². The number of hydrogen-bond acceptors (Lipinski definition) is 3. The van der Waals surface area contributed by atoms with E-state index in [4.69, 9.17) is 11.6 Å². The summed E-state index contributed by atoms with van der Waals surface area (Å²) < 4.78 is 42.3. The third-order valence-corrected chi connectivity index (χ3v) is 5.15. The number of aryl methyl sites for hydroxylation is 1. The monoisotopic (exact) mass is 356 g/mol. The van der Waals surface area contributed by atoms with Gasteiger partial charge in [0.05, 0.1) is 6.20 Å². The molecule has 0 aliphatic heterocycles. The molecule has 23 heavy (non-hydrogen) atoms. The second kappa shape index (κ2) is 5.86. The third-order valence-electron chi connectivity index (χ3n) is 3.35. The van der Waals surface area contributed by atoms with Crippen LogP contribution in [0.5, 0.6) is 0 Å². The summed E-state index contributed by atoms with van der Waals surface area (Å²) in [5.41, 5.74) is 0.606. The molecule has 3 rings (SSSR count). The smallest absolute Gasteiger partial charge is 0.264 e. The topological polar surface area (TPSA) is 79.8 Å². The lowest BCUT2D eigenvalue weighted by Crippen LogP contribution is -2.12. The van der Waals surface area contributed by atoms with Crippen molar-refractivity contribution >= 4 is 38.2 Å². The van der Waals surface area contributed by atoms with E-state index >= 15 is 0 Å². The number of H-pyrrole nitrogens is 1. The van der Waals surface area contributed by atoms with Gasteiger partial charge in [0.1, 0.15) is 16.4 Å². The van der Waals surface area contributed by atoms with Gasteiger partial charge in [-0.25, -0.2) is 12.8 Å². The van der Waals surface area contributed by atoms with Gasteiger partial charge >= 0.3 is 0 Å². The third kappa shape index (κ3) is 2.91. The molecular weight excluding hydrogens is 343 g/mol. The highest BCUT2D eigenvalue weighted by Crippen LogP contribution is 2.28. The molecule has 0 saturated heterocycles. The Bertz CT molecular complexity index is 964. The average molecular weight is 357 g/mol. The molecule has 2 aromatic heterocycles. The maximum Gasteiger partial charge on any atom is 0.264 e. The van der Waals surface area contributed by atoms with Crippen LogP contribution >= 0.6 is 11.6 Å². The van der Waals surface area contributed by atoms with Gasteiger partial charge in [0, 0.05) is 23.6 Å². The van der Waals surface area contributed by atoms with Crippen molar-refractivity contribution in [1.29, 1.82) is 0 Å². The Labute approximate surface area is 137 Å². The molecule has 0 fully saturated rings. The second-order valence-corrected chi connectivity index (χ2v) is 7.03. The van der Waals surface area contributed by atoms with Crippen LogP contribution in [0.25, 0.3) is 10.9 Å². The van der Waals surface area contributed by atoms with E-state index < -0.39 is 15.8 Å². The van der Waals surface area contributed by atoms with Crippen molar-refractivity contribution in [3.8, 4) is 0 Å². The molecule has 3 aromatic rings. The number of sulfonamides is 1. The number of hydrogen-bond donors (Lipinski definition) is 2. The molecule has 6 nitrogen and oxygen atoms in total. The first kappa shape index (κ1) is 15.8. The first-order valence-electron chi connectivity index (χ1n) is 6.93. The summed E-state index contributed by atoms with van der Waals surface area (Å²) in [6.45, 7) is 2.56. The summed E-state index contributed by atoms with van der Waals surface area (Å²) in [5, 5.41) is 4.67. The fourth-order valence-corrected chi connectivity index (χ4v) is 3.81. The molecule has 2 N–H and O–H groups in total. The van der Waals surface area contributed by atoms with E-state index in [1.165, 1.54) is 35.3 Å². The van der Waals surface area contributed by atoms with E-state index in [1.807, 2.05) is 6.92 Å². The van der Waals surface area contributed by atoms with Crippen LogP contribution in [0.3, 0.4) is 0 Å². The van der Waals surface area contributed by atoms with Crippen LogP contribution < -0.4 is 4.72 Å². The molecule has 9 heteroatoms. The highest BCUT2D eigenvalue weighted by Gasteiger charge is 2.22. The number of aromatic nitrogens is 3. The Hall–Kier alpha value is -2.06. The van der Waals surface area contributed by atoms with Crippen molar-refractivity contribution in [3.05, 3.63) is 41.6 Å². The Morgan fingerprint density at radius 2 is 2.22 bits per heavy atom. The molecule has 0 amide bonds. The van der Waals surface area contributed by atoms with E-state index in [-0.39, 0.29) is 15.7 Å². The quantitative estimate of drug-likeness (QED) is 0.735. The van der Waals surface area contributed by atoms with Crippen molar-refractivity contribution < 1.29 is 12.8 Å². The predicted molar refractivity (Wildman–Crippen MR) is 86.6 cm³/mol. The number of halogens is 2. The fourth-order valence-electron chi connectivity index (χ4n) is 2.30. The molecule has 2 heterocycles. The normalized spacial score (nSPS) is 12.0. The van der Waals surface area contributed by atoms with Crippen LogP contribution in [0.2, 0.25) is 5.15 Å². The molecule has 0 unspecified atom stereocenters. The van der Waals surface area contributed by atoms with E-state index in [9.17, 15) is 12.8 Å². The van der Waals surface area contributed by atoms with E-state index in [1.54, 1.807) is 0 Å². The van der Waals surface area contributed by atoms with Crippen molar-refractivity contribution in [3.63, 3.8) is 0 Å². The van der Waals surface area contributed by atoms with Gasteiger partial charge in [-0.1, -0.05) is 18.5 Å². The molecule has 0 spiro atoms. The van der Waals surface area contributed by atoms with E-state index in [0.29, 0.717) is 17.4 Å². The first-order chi connectivity index (χ1) is 10.9. The minimum Gasteiger partial charge on any atom is -0.360 e. The van der Waals surface area contributed by atoms with Crippen LogP contribution in [0.1, 0.15) is 13.3 Å². The number of aromatic amines is 1. The lowest BCUT2D eigenvalue weighted by atomic mass is 10.2. The summed E-state index contributed by atoms with van der Waals surface area (Å²) in [6, 6.07) is 3.86. The lowest BCUT2D eigenvalue weighted by molar-refractivity contribution is 0.601. The first-order valence-corrected chi connectivity index (χ1v) is 8.79. The van der Waals surface area contributed by atoms with Crippen LogP contribution in [0.15, 0.2) is 35.5 Å². The number of nitrogens with zero attached hydrogens (tertiary/aromatic N) is 2. The zero-order chi connectivity index (χ0) is 16.6. The van der Waals surface area contributed by atoms with Gasteiger partial charge in [-0.2, -0.15) is 5.10 Å². The standard InChI is InChI=1S/C14H14ClFN4O2S/c1-2-5-20-14(15)12(7-18-20)19-23(21,22)13-8-17-11-6-9(16)3-4-10(11)13/h3-4,6-8,17,19H,2,5H2,1H3. The van der Waals surface area contributed by atoms with Crippen molar-refractivity contribution in [2.75, 3.05) is 4.72 Å². The largest absolute Gasteiger partial charge is 0.360 e. The van der Waals surface area contributed by atoms with Crippen molar-refractivity contribution in [2.24, 2.45) is 0 Å². The maximum absolute atomic E-state index is 13.2. The van der Waals surface area contributed by atoms with Gasteiger partial charge in [-0.05, 0) is 24.6 Å². The summed E-state index contributed by atoms with van der Waals surface area (Å²) in [4.78, 5) is 2.77. The number of benzene rings is 1. The van der Waals surface area contributed by atoms with Crippen LogP contribution in [0.4, 0.5) is 10.1 Å². The highest BCUT2D eigenvalue weighted by atomic mass is 35.5. The molecule has 0 bridgehead atoms. The Balaban J connectivity index is 1.98. The molecule has 0 radical (unpaired) electrons. The van der Waals surface area contributed by atoms with Gasteiger partial charge in [0.15, 0.2) is 5.15 Å². The summed E-state index contributed by atoms with van der Waals surface area (Å²) >= 11 is 6.13. The molecular formula is C14H14ClFN4O2S.